The summed E-state index contributed by atoms with van der Waals surface area (Å²) < 4.78 is 0. The molecule has 0 aliphatic carbocycles. The minimum Gasteiger partial charge on any atom is -0.290 e. The summed E-state index contributed by atoms with van der Waals surface area (Å²) in [6.07, 6.45) is 1.22. The highest BCUT2D eigenvalue weighted by molar-refractivity contribution is 5.14. The maximum atomic E-state index is 4.89. The highest BCUT2D eigenvalue weighted by atomic mass is 15.4. The Hall–Kier alpha value is -1.30. The van der Waals surface area contributed by atoms with Crippen molar-refractivity contribution in [3.05, 3.63) is 6.33 Å². The zero-order valence-corrected chi connectivity index (χ0v) is 3.94. The fourth-order valence-corrected chi connectivity index (χ4v) is 0.262. The van der Waals surface area contributed by atoms with Crippen molar-refractivity contribution < 1.29 is 0 Å². The molecular formula is C2H4N6. The molecule has 0 saturated carbocycles. The Morgan fingerprint density at radius 2 is 2.00 bits per heavy atom. The maximum Gasteiger partial charge on any atom is 0.276 e. The second-order valence-electron chi connectivity index (χ2n) is 1.01. The molecular weight excluding hydrogens is 108 g/mol. The topological polar surface area (TPSA) is 89.6 Å². The van der Waals surface area contributed by atoms with Gasteiger partial charge in [-0.2, -0.15) is 0 Å². The number of nitrogens with zero attached hydrogens (tertiary/aromatic N) is 4. The van der Waals surface area contributed by atoms with Crippen molar-refractivity contribution in [2.24, 2.45) is 5.84 Å². The van der Waals surface area contributed by atoms with Gasteiger partial charge in [0.1, 0.15) is 0 Å². The number of aromatic nitrogens is 4. The number of nitrogen functional groups attached to an aromatic ring is 1. The van der Waals surface area contributed by atoms with Crippen molar-refractivity contribution in [3.8, 4) is 0 Å². The van der Waals surface area contributed by atoms with E-state index in [2.05, 4.69) is 25.8 Å². The lowest BCUT2D eigenvalue weighted by molar-refractivity contribution is 0.855. The third kappa shape index (κ3) is 0.850. The normalized spacial score (nSPS) is 8.62. The van der Waals surface area contributed by atoms with Crippen LogP contribution in [-0.4, -0.2) is 20.4 Å². The molecule has 0 bridgehead atoms. The third-order valence-corrected chi connectivity index (χ3v) is 0.537. The van der Waals surface area contributed by atoms with E-state index in [1.54, 1.807) is 0 Å². The standard InChI is InChI=1S/C2H4N6/c3-6-2-7-4-1-5-8-2/h1H,3H2,(H,6,7,8). The summed E-state index contributed by atoms with van der Waals surface area (Å²) in [5.41, 5.74) is 2.18. The van der Waals surface area contributed by atoms with Crippen LogP contribution in [0.25, 0.3) is 0 Å². The fourth-order valence-electron chi connectivity index (χ4n) is 0.262. The van der Waals surface area contributed by atoms with Crippen LogP contribution in [0.4, 0.5) is 5.95 Å². The zero-order valence-electron chi connectivity index (χ0n) is 3.94. The Labute approximate surface area is 45.1 Å². The lowest BCUT2D eigenvalue weighted by atomic mass is 11.1. The van der Waals surface area contributed by atoms with Crippen molar-refractivity contribution in [1.29, 1.82) is 0 Å². The van der Waals surface area contributed by atoms with Crippen LogP contribution in [0.15, 0.2) is 6.33 Å². The van der Waals surface area contributed by atoms with Crippen LogP contribution in [0.1, 0.15) is 0 Å². The number of nitrogens with one attached hydrogen (secondary N) is 1. The van der Waals surface area contributed by atoms with Gasteiger partial charge in [0, 0.05) is 0 Å². The van der Waals surface area contributed by atoms with Crippen LogP contribution in [-0.2, 0) is 0 Å². The van der Waals surface area contributed by atoms with Gasteiger partial charge in [0.05, 0.1) is 0 Å². The molecule has 0 spiro atoms. The Bertz CT molecular complexity index is 148. The Kier molecular flexibility index (Phi) is 1.29. The molecule has 8 heavy (non-hydrogen) atoms. The van der Waals surface area contributed by atoms with Gasteiger partial charge in [0.25, 0.3) is 5.95 Å². The first kappa shape index (κ1) is 4.85. The van der Waals surface area contributed by atoms with Crippen LogP contribution in [0.2, 0.25) is 0 Å². The first-order chi connectivity index (χ1) is 3.93. The molecule has 0 saturated heterocycles. The van der Waals surface area contributed by atoms with Gasteiger partial charge in [0.15, 0.2) is 6.33 Å². The van der Waals surface area contributed by atoms with Gasteiger partial charge in [0.2, 0.25) is 0 Å². The Morgan fingerprint density at radius 1 is 1.38 bits per heavy atom. The second kappa shape index (κ2) is 2.12. The predicted molar refractivity (Wildman–Crippen MR) is 25.4 cm³/mol. The van der Waals surface area contributed by atoms with Gasteiger partial charge in [-0.15, -0.1) is 20.4 Å². The summed E-state index contributed by atoms with van der Waals surface area (Å²) in [4.78, 5) is 0. The SMILES string of the molecule is NNc1nncnn1. The molecule has 1 heterocycles. The summed E-state index contributed by atoms with van der Waals surface area (Å²) in [6.45, 7) is 0. The van der Waals surface area contributed by atoms with Gasteiger partial charge < -0.3 is 0 Å². The second-order valence-corrected chi connectivity index (χ2v) is 1.01. The number of hydrogen-bond acceptors (Lipinski definition) is 6. The van der Waals surface area contributed by atoms with Gasteiger partial charge in [-0.1, -0.05) is 0 Å². The monoisotopic (exact) mass is 112 g/mol. The van der Waals surface area contributed by atoms with Crippen LogP contribution >= 0.6 is 0 Å². The minimum atomic E-state index is 0.215. The molecule has 6 heteroatoms. The Morgan fingerprint density at radius 3 is 2.38 bits per heavy atom. The number of rotatable bonds is 1. The van der Waals surface area contributed by atoms with E-state index in [4.69, 9.17) is 5.84 Å². The quantitative estimate of drug-likeness (QED) is 0.341. The first-order valence-corrected chi connectivity index (χ1v) is 1.90. The summed E-state index contributed by atoms with van der Waals surface area (Å²) in [7, 11) is 0. The maximum absolute atomic E-state index is 4.89. The van der Waals surface area contributed by atoms with E-state index in [1.165, 1.54) is 6.33 Å². The molecule has 6 nitrogen and oxygen atoms in total. The molecule has 0 fully saturated rings. The van der Waals surface area contributed by atoms with Gasteiger partial charge in [-0.25, -0.2) is 5.84 Å². The van der Waals surface area contributed by atoms with Crippen LogP contribution < -0.4 is 11.3 Å². The van der Waals surface area contributed by atoms with E-state index in [0.29, 0.717) is 0 Å². The average molecular weight is 112 g/mol. The van der Waals surface area contributed by atoms with E-state index in [0.717, 1.165) is 0 Å². The molecule has 0 unspecified atom stereocenters. The molecule has 1 aromatic rings. The smallest absolute Gasteiger partial charge is 0.276 e. The highest BCUT2D eigenvalue weighted by Gasteiger charge is 1.85. The van der Waals surface area contributed by atoms with E-state index >= 15 is 0 Å². The molecule has 0 radical (unpaired) electrons. The molecule has 0 amide bonds. The van der Waals surface area contributed by atoms with E-state index in [1.807, 2.05) is 0 Å². The zero-order chi connectivity index (χ0) is 5.82. The van der Waals surface area contributed by atoms with Crippen LogP contribution in [0.3, 0.4) is 0 Å². The van der Waals surface area contributed by atoms with Crippen molar-refractivity contribution >= 4 is 5.95 Å². The fraction of sp³-hybridized carbons (Fsp3) is 0. The van der Waals surface area contributed by atoms with Crippen LogP contribution in [0.5, 0.6) is 0 Å². The summed E-state index contributed by atoms with van der Waals surface area (Å²) in [5, 5.41) is 13.7. The summed E-state index contributed by atoms with van der Waals surface area (Å²) in [5.74, 6) is 5.11. The number of hydrazine groups is 1. The predicted octanol–water partition coefficient (Wildman–Crippen LogP) is -1.45. The molecule has 0 aromatic carbocycles. The van der Waals surface area contributed by atoms with Crippen molar-refractivity contribution in [1.82, 2.24) is 20.4 Å². The third-order valence-electron chi connectivity index (χ3n) is 0.537. The summed E-state index contributed by atoms with van der Waals surface area (Å²) >= 11 is 0. The highest BCUT2D eigenvalue weighted by Crippen LogP contribution is 1.80. The average Bonchev–Trinajstić information content (AvgIpc) is 1.90. The molecule has 1 aromatic heterocycles. The molecule has 0 atom stereocenters. The molecule has 3 N–H and O–H groups in total. The van der Waals surface area contributed by atoms with Crippen molar-refractivity contribution in [2.45, 2.75) is 0 Å². The van der Waals surface area contributed by atoms with Gasteiger partial charge in [-0.05, 0) is 0 Å². The number of nitrogens with two attached hydrogens (primary N) is 1. The van der Waals surface area contributed by atoms with E-state index in [9.17, 15) is 0 Å². The minimum absolute atomic E-state index is 0.215. The van der Waals surface area contributed by atoms with Crippen LogP contribution in [0, 0.1) is 0 Å². The first-order valence-electron chi connectivity index (χ1n) is 1.90. The van der Waals surface area contributed by atoms with E-state index < -0.39 is 0 Å². The largest absolute Gasteiger partial charge is 0.290 e. The molecule has 0 aliphatic rings. The van der Waals surface area contributed by atoms with Gasteiger partial charge >= 0.3 is 0 Å². The van der Waals surface area contributed by atoms with Gasteiger partial charge in [-0.3, -0.25) is 5.43 Å². The van der Waals surface area contributed by atoms with Crippen molar-refractivity contribution in [2.75, 3.05) is 5.43 Å². The molecule has 1 rings (SSSR count). The molecule has 0 aliphatic heterocycles. The molecule has 42 valence electrons. The van der Waals surface area contributed by atoms with Crippen molar-refractivity contribution in [3.63, 3.8) is 0 Å². The number of anilines is 1. The lowest BCUT2D eigenvalue weighted by Gasteiger charge is -1.88. The lowest BCUT2D eigenvalue weighted by Crippen LogP contribution is -2.11. The summed E-state index contributed by atoms with van der Waals surface area (Å²) in [6, 6.07) is 0. The van der Waals surface area contributed by atoms with E-state index in [-0.39, 0.29) is 5.95 Å². The number of hydrogen-bond donors (Lipinski definition) is 2. The Balaban J connectivity index is 2.83.